The van der Waals surface area contributed by atoms with Gasteiger partial charge in [0, 0.05) is 11.7 Å². The van der Waals surface area contributed by atoms with Crippen molar-refractivity contribution in [2.45, 2.75) is 18.9 Å². The van der Waals surface area contributed by atoms with Crippen molar-refractivity contribution in [1.29, 1.82) is 15.8 Å². The Morgan fingerprint density at radius 1 is 1.04 bits per heavy atom. The predicted molar refractivity (Wildman–Crippen MR) is 77.5 cm³/mol. The molecule has 1 aromatic carbocycles. The van der Waals surface area contributed by atoms with Gasteiger partial charge in [0.05, 0.1) is 11.1 Å². The average Bonchev–Trinajstić information content (AvgIpc) is 3.36. The molecule has 1 saturated carbocycles. The highest BCUT2D eigenvalue weighted by Gasteiger charge is 2.44. The molecule has 2 amide bonds. The standard InChI is InChI=1S/C16H9N5O2/c17-6-9(7-18)14(8-19)20-10-1-4-12-13(5-10)16(23)21(15(12)22)11-2-3-11/h1,4-5,11,20H,2-3H2. The van der Waals surface area contributed by atoms with E-state index in [1.165, 1.54) is 23.1 Å². The molecule has 110 valence electrons. The molecule has 2 aliphatic rings. The number of carbonyl (C=O) groups is 2. The molecule has 23 heavy (non-hydrogen) atoms. The lowest BCUT2D eigenvalue weighted by atomic mass is 10.1. The largest absolute Gasteiger partial charge is 0.345 e. The summed E-state index contributed by atoms with van der Waals surface area (Å²) in [5.74, 6) is -0.649. The molecule has 0 atom stereocenters. The van der Waals surface area contributed by atoms with Gasteiger partial charge in [0.1, 0.15) is 23.9 Å². The fourth-order valence-corrected chi connectivity index (χ4v) is 2.43. The summed E-state index contributed by atoms with van der Waals surface area (Å²) in [6, 6.07) is 9.47. The molecule has 0 radical (unpaired) electrons. The number of rotatable bonds is 3. The smallest absolute Gasteiger partial charge is 0.261 e. The summed E-state index contributed by atoms with van der Waals surface area (Å²) < 4.78 is 0. The highest BCUT2D eigenvalue weighted by atomic mass is 16.2. The Hall–Kier alpha value is -3.63. The SMILES string of the molecule is N#CC(C#N)=C(C#N)Nc1ccc2c(c1)C(=O)N(C1CC1)C2=O. The number of nitrogens with one attached hydrogen (secondary N) is 1. The first-order valence-electron chi connectivity index (χ1n) is 6.84. The van der Waals surface area contributed by atoms with Crippen molar-refractivity contribution in [3.63, 3.8) is 0 Å². The van der Waals surface area contributed by atoms with E-state index in [2.05, 4.69) is 5.32 Å². The molecular formula is C16H9N5O2. The van der Waals surface area contributed by atoms with Crippen LogP contribution in [0.4, 0.5) is 5.69 Å². The van der Waals surface area contributed by atoms with Crippen LogP contribution < -0.4 is 5.32 Å². The first kappa shape index (κ1) is 14.3. The number of amides is 2. The van der Waals surface area contributed by atoms with Gasteiger partial charge in [-0.2, -0.15) is 15.8 Å². The van der Waals surface area contributed by atoms with Crippen molar-refractivity contribution >= 4 is 17.5 Å². The molecule has 1 N–H and O–H groups in total. The van der Waals surface area contributed by atoms with Crippen LogP contribution in [-0.4, -0.2) is 22.8 Å². The molecule has 1 heterocycles. The fraction of sp³-hybridized carbons (Fsp3) is 0.188. The van der Waals surface area contributed by atoms with Crippen LogP contribution in [0.25, 0.3) is 0 Å². The molecule has 1 aliphatic heterocycles. The van der Waals surface area contributed by atoms with Gasteiger partial charge in [-0.1, -0.05) is 0 Å². The number of anilines is 1. The third kappa shape index (κ3) is 2.29. The van der Waals surface area contributed by atoms with Crippen molar-refractivity contribution in [2.75, 3.05) is 5.32 Å². The van der Waals surface area contributed by atoms with Gasteiger partial charge in [-0.3, -0.25) is 14.5 Å². The molecule has 1 aliphatic carbocycles. The van der Waals surface area contributed by atoms with Crippen LogP contribution in [0.15, 0.2) is 29.5 Å². The Morgan fingerprint density at radius 3 is 2.26 bits per heavy atom. The van der Waals surface area contributed by atoms with E-state index in [1.807, 2.05) is 0 Å². The highest BCUT2D eigenvalue weighted by Crippen LogP contribution is 2.35. The Balaban J connectivity index is 1.95. The van der Waals surface area contributed by atoms with Crippen molar-refractivity contribution in [3.05, 3.63) is 40.6 Å². The zero-order valence-corrected chi connectivity index (χ0v) is 11.8. The molecule has 1 aromatic rings. The summed E-state index contributed by atoms with van der Waals surface area (Å²) in [6.45, 7) is 0. The summed E-state index contributed by atoms with van der Waals surface area (Å²) in [5.41, 5.74) is 0.401. The third-order valence-electron chi connectivity index (χ3n) is 3.68. The number of hydrogen-bond donors (Lipinski definition) is 1. The molecule has 0 spiro atoms. The van der Waals surface area contributed by atoms with Crippen molar-refractivity contribution in [1.82, 2.24) is 4.90 Å². The number of imide groups is 1. The van der Waals surface area contributed by atoms with E-state index in [4.69, 9.17) is 15.8 Å². The summed E-state index contributed by atoms with van der Waals surface area (Å²) in [7, 11) is 0. The zero-order chi connectivity index (χ0) is 16.6. The highest BCUT2D eigenvalue weighted by molar-refractivity contribution is 6.22. The number of hydrogen-bond acceptors (Lipinski definition) is 6. The summed E-state index contributed by atoms with van der Waals surface area (Å²) in [5, 5.41) is 29.3. The van der Waals surface area contributed by atoms with Gasteiger partial charge in [0.2, 0.25) is 0 Å². The monoisotopic (exact) mass is 303 g/mol. The van der Waals surface area contributed by atoms with E-state index in [-0.39, 0.29) is 34.7 Å². The molecule has 7 heteroatoms. The Morgan fingerprint density at radius 2 is 1.70 bits per heavy atom. The summed E-state index contributed by atoms with van der Waals surface area (Å²) in [4.78, 5) is 25.8. The molecular weight excluding hydrogens is 294 g/mol. The van der Waals surface area contributed by atoms with Crippen LogP contribution in [0.1, 0.15) is 33.6 Å². The average molecular weight is 303 g/mol. The number of benzene rings is 1. The number of nitrogens with zero attached hydrogens (tertiary/aromatic N) is 4. The van der Waals surface area contributed by atoms with E-state index in [1.54, 1.807) is 18.2 Å². The fourth-order valence-electron chi connectivity index (χ4n) is 2.43. The van der Waals surface area contributed by atoms with Crippen molar-refractivity contribution < 1.29 is 9.59 Å². The summed E-state index contributed by atoms with van der Waals surface area (Å²) in [6.07, 6.45) is 1.65. The first-order valence-corrected chi connectivity index (χ1v) is 6.84. The van der Waals surface area contributed by atoms with Gasteiger partial charge in [0.15, 0.2) is 5.57 Å². The summed E-state index contributed by atoms with van der Waals surface area (Å²) >= 11 is 0. The van der Waals surface area contributed by atoms with Crippen LogP contribution >= 0.6 is 0 Å². The van der Waals surface area contributed by atoms with Gasteiger partial charge in [-0.25, -0.2) is 0 Å². The molecule has 7 nitrogen and oxygen atoms in total. The van der Waals surface area contributed by atoms with Crippen molar-refractivity contribution in [2.24, 2.45) is 0 Å². The third-order valence-corrected chi connectivity index (χ3v) is 3.68. The maximum absolute atomic E-state index is 12.3. The number of nitriles is 3. The normalized spacial score (nSPS) is 15.3. The van der Waals surface area contributed by atoms with Gasteiger partial charge >= 0.3 is 0 Å². The molecule has 0 bridgehead atoms. The number of fused-ring (bicyclic) bond motifs is 1. The minimum Gasteiger partial charge on any atom is -0.345 e. The Kier molecular flexibility index (Phi) is 3.29. The lowest BCUT2D eigenvalue weighted by Crippen LogP contribution is -2.31. The quantitative estimate of drug-likeness (QED) is 0.669. The second kappa shape index (κ2) is 5.29. The Labute approximate surface area is 131 Å². The van der Waals surface area contributed by atoms with E-state index in [9.17, 15) is 9.59 Å². The molecule has 0 unspecified atom stereocenters. The van der Waals surface area contributed by atoms with Gasteiger partial charge < -0.3 is 5.32 Å². The maximum Gasteiger partial charge on any atom is 0.261 e. The lowest BCUT2D eigenvalue weighted by Gasteiger charge is -2.11. The van der Waals surface area contributed by atoms with Crippen LogP contribution in [0.2, 0.25) is 0 Å². The number of carbonyl (C=O) groups excluding carboxylic acids is 2. The minimum atomic E-state index is -0.352. The molecule has 0 saturated heterocycles. The second-order valence-electron chi connectivity index (χ2n) is 5.18. The van der Waals surface area contributed by atoms with Gasteiger partial charge in [-0.15, -0.1) is 0 Å². The first-order chi connectivity index (χ1) is 11.1. The second-order valence-corrected chi connectivity index (χ2v) is 5.18. The minimum absolute atomic E-state index is 0.0165. The van der Waals surface area contributed by atoms with Gasteiger partial charge in [0.25, 0.3) is 11.8 Å². The van der Waals surface area contributed by atoms with E-state index < -0.39 is 0 Å². The van der Waals surface area contributed by atoms with Gasteiger partial charge in [-0.05, 0) is 31.0 Å². The molecule has 3 rings (SSSR count). The van der Waals surface area contributed by atoms with Crippen LogP contribution in [0.5, 0.6) is 0 Å². The van der Waals surface area contributed by atoms with Crippen LogP contribution in [0, 0.1) is 34.0 Å². The van der Waals surface area contributed by atoms with E-state index in [0.29, 0.717) is 11.3 Å². The van der Waals surface area contributed by atoms with Crippen molar-refractivity contribution in [3.8, 4) is 18.2 Å². The topological polar surface area (TPSA) is 121 Å². The number of allylic oxidation sites excluding steroid dienone is 2. The maximum atomic E-state index is 12.3. The van der Waals surface area contributed by atoms with Crippen LogP contribution in [-0.2, 0) is 0 Å². The molecule has 1 fully saturated rings. The van der Waals surface area contributed by atoms with E-state index in [0.717, 1.165) is 12.8 Å². The Bertz CT molecular complexity index is 875. The molecule has 0 aromatic heterocycles. The predicted octanol–water partition coefficient (Wildman–Crippen LogP) is 1.68. The van der Waals surface area contributed by atoms with E-state index >= 15 is 0 Å². The lowest BCUT2D eigenvalue weighted by molar-refractivity contribution is 0.0642. The van der Waals surface area contributed by atoms with Crippen LogP contribution in [0.3, 0.4) is 0 Å². The zero-order valence-electron chi connectivity index (χ0n) is 11.8.